The maximum Gasteiger partial charge on any atom is 0.0583 e. The molecule has 2 fully saturated rings. The van der Waals surface area contributed by atoms with Crippen LogP contribution in [-0.2, 0) is 6.54 Å². The lowest BCUT2D eigenvalue weighted by Crippen LogP contribution is -2.46. The van der Waals surface area contributed by atoms with Gasteiger partial charge in [-0.25, -0.2) is 0 Å². The van der Waals surface area contributed by atoms with Crippen molar-refractivity contribution in [2.75, 3.05) is 13.1 Å². The molecule has 2 aliphatic rings. The van der Waals surface area contributed by atoms with Crippen LogP contribution in [0.5, 0.6) is 0 Å². The Kier molecular flexibility index (Phi) is 3.67. The first-order chi connectivity index (χ1) is 8.83. The number of hydrogen-bond donors (Lipinski definition) is 1. The van der Waals surface area contributed by atoms with E-state index in [-0.39, 0.29) is 6.10 Å². The van der Waals surface area contributed by atoms with Gasteiger partial charge >= 0.3 is 0 Å². The third-order valence-corrected chi connectivity index (χ3v) is 4.71. The SMILES string of the molecule is OC1CCC[C@@H]2CCN(Cc3ccccc3)C[C@H]12. The Labute approximate surface area is 110 Å². The summed E-state index contributed by atoms with van der Waals surface area (Å²) in [6, 6.07) is 10.7. The second-order valence-corrected chi connectivity index (χ2v) is 5.93. The Balaban J connectivity index is 1.62. The van der Waals surface area contributed by atoms with Gasteiger partial charge in [0.05, 0.1) is 6.10 Å². The highest BCUT2D eigenvalue weighted by atomic mass is 16.3. The molecule has 1 aliphatic carbocycles. The monoisotopic (exact) mass is 245 g/mol. The molecule has 0 aromatic heterocycles. The van der Waals surface area contributed by atoms with E-state index in [9.17, 15) is 5.11 Å². The number of likely N-dealkylation sites (tertiary alicyclic amines) is 1. The number of hydrogen-bond acceptors (Lipinski definition) is 2. The lowest BCUT2D eigenvalue weighted by Gasteiger charge is -2.43. The number of piperidine rings is 1. The lowest BCUT2D eigenvalue weighted by atomic mass is 9.73. The highest BCUT2D eigenvalue weighted by Crippen LogP contribution is 2.36. The topological polar surface area (TPSA) is 23.5 Å². The van der Waals surface area contributed by atoms with Gasteiger partial charge in [-0.15, -0.1) is 0 Å². The maximum absolute atomic E-state index is 10.2. The van der Waals surface area contributed by atoms with Crippen molar-refractivity contribution >= 4 is 0 Å². The van der Waals surface area contributed by atoms with Crippen LogP contribution >= 0.6 is 0 Å². The first-order valence-electron chi connectivity index (χ1n) is 7.27. The smallest absolute Gasteiger partial charge is 0.0583 e. The molecule has 1 aliphatic heterocycles. The Morgan fingerprint density at radius 3 is 2.78 bits per heavy atom. The molecule has 0 radical (unpaired) electrons. The van der Waals surface area contributed by atoms with Crippen molar-refractivity contribution in [1.82, 2.24) is 4.90 Å². The van der Waals surface area contributed by atoms with E-state index in [1.165, 1.54) is 31.4 Å². The van der Waals surface area contributed by atoms with Crippen LogP contribution < -0.4 is 0 Å². The largest absolute Gasteiger partial charge is 0.393 e. The first-order valence-corrected chi connectivity index (χ1v) is 7.27. The fourth-order valence-electron chi connectivity index (χ4n) is 3.68. The molecule has 1 N–H and O–H groups in total. The average Bonchev–Trinajstić information content (AvgIpc) is 2.41. The van der Waals surface area contributed by atoms with Crippen molar-refractivity contribution in [2.45, 2.75) is 38.3 Å². The van der Waals surface area contributed by atoms with Gasteiger partial charge in [-0.3, -0.25) is 4.90 Å². The molecule has 1 saturated carbocycles. The van der Waals surface area contributed by atoms with Crippen LogP contribution in [-0.4, -0.2) is 29.2 Å². The molecule has 0 bridgehead atoms. The van der Waals surface area contributed by atoms with Gasteiger partial charge in [0.1, 0.15) is 0 Å². The Morgan fingerprint density at radius 2 is 1.94 bits per heavy atom. The summed E-state index contributed by atoms with van der Waals surface area (Å²) in [5.41, 5.74) is 1.39. The third kappa shape index (κ3) is 2.60. The molecule has 2 heteroatoms. The second-order valence-electron chi connectivity index (χ2n) is 5.93. The van der Waals surface area contributed by atoms with E-state index in [0.717, 1.165) is 25.4 Å². The van der Waals surface area contributed by atoms with Crippen molar-refractivity contribution in [3.05, 3.63) is 35.9 Å². The fraction of sp³-hybridized carbons (Fsp3) is 0.625. The lowest BCUT2D eigenvalue weighted by molar-refractivity contribution is -0.0196. The van der Waals surface area contributed by atoms with Gasteiger partial charge < -0.3 is 5.11 Å². The van der Waals surface area contributed by atoms with E-state index in [1.54, 1.807) is 0 Å². The summed E-state index contributed by atoms with van der Waals surface area (Å²) < 4.78 is 0. The Morgan fingerprint density at radius 1 is 1.11 bits per heavy atom. The number of rotatable bonds is 2. The third-order valence-electron chi connectivity index (χ3n) is 4.71. The van der Waals surface area contributed by atoms with Crippen LogP contribution in [0.25, 0.3) is 0 Å². The van der Waals surface area contributed by atoms with E-state index >= 15 is 0 Å². The summed E-state index contributed by atoms with van der Waals surface area (Å²) in [4.78, 5) is 2.52. The van der Waals surface area contributed by atoms with Gasteiger partial charge in [0.25, 0.3) is 0 Å². The number of aliphatic hydroxyl groups excluding tert-OH is 1. The molecule has 0 amide bonds. The number of aliphatic hydroxyl groups is 1. The second kappa shape index (κ2) is 5.41. The highest BCUT2D eigenvalue weighted by Gasteiger charge is 2.36. The quantitative estimate of drug-likeness (QED) is 0.866. The van der Waals surface area contributed by atoms with Crippen LogP contribution in [0.2, 0.25) is 0 Å². The molecule has 1 aromatic rings. The minimum atomic E-state index is -0.0534. The van der Waals surface area contributed by atoms with Crippen LogP contribution in [0, 0.1) is 11.8 Å². The minimum Gasteiger partial charge on any atom is -0.393 e. The summed E-state index contributed by atoms with van der Waals surface area (Å²) in [7, 11) is 0. The first kappa shape index (κ1) is 12.2. The van der Waals surface area contributed by atoms with Crippen LogP contribution in [0.15, 0.2) is 30.3 Å². The van der Waals surface area contributed by atoms with Crippen molar-refractivity contribution < 1.29 is 5.11 Å². The van der Waals surface area contributed by atoms with E-state index in [4.69, 9.17) is 0 Å². The number of benzene rings is 1. The zero-order valence-electron chi connectivity index (χ0n) is 11.0. The predicted molar refractivity (Wildman–Crippen MR) is 73.2 cm³/mol. The van der Waals surface area contributed by atoms with E-state index in [0.29, 0.717) is 5.92 Å². The van der Waals surface area contributed by atoms with Gasteiger partial charge in [-0.1, -0.05) is 36.8 Å². The van der Waals surface area contributed by atoms with Crippen molar-refractivity contribution in [2.24, 2.45) is 11.8 Å². The molecule has 1 saturated heterocycles. The van der Waals surface area contributed by atoms with Crippen LogP contribution in [0.4, 0.5) is 0 Å². The summed E-state index contributed by atoms with van der Waals surface area (Å²) in [6.07, 6.45) is 4.79. The summed E-state index contributed by atoms with van der Waals surface area (Å²) in [5.74, 6) is 1.30. The standard InChI is InChI=1S/C16H23NO/c18-16-8-4-7-14-9-10-17(12-15(14)16)11-13-5-2-1-3-6-13/h1-3,5-6,14-16,18H,4,7-12H2/t14-,15+,16?/m1/s1. The molecule has 18 heavy (non-hydrogen) atoms. The number of fused-ring (bicyclic) bond motifs is 1. The fourth-order valence-corrected chi connectivity index (χ4v) is 3.68. The average molecular weight is 245 g/mol. The van der Waals surface area contributed by atoms with Gasteiger partial charge in [0, 0.05) is 19.0 Å². The van der Waals surface area contributed by atoms with Crippen molar-refractivity contribution in [1.29, 1.82) is 0 Å². The predicted octanol–water partition coefficient (Wildman–Crippen LogP) is 2.67. The summed E-state index contributed by atoms with van der Waals surface area (Å²) in [5, 5.41) is 10.2. The summed E-state index contributed by atoms with van der Waals surface area (Å²) in [6.45, 7) is 3.32. The molecule has 3 rings (SSSR count). The zero-order chi connectivity index (χ0) is 12.4. The Bertz CT molecular complexity index is 378. The van der Waals surface area contributed by atoms with Crippen LogP contribution in [0.3, 0.4) is 0 Å². The molecule has 1 unspecified atom stereocenters. The molecule has 98 valence electrons. The van der Waals surface area contributed by atoms with Crippen molar-refractivity contribution in [3.63, 3.8) is 0 Å². The van der Waals surface area contributed by atoms with Gasteiger partial charge in [-0.2, -0.15) is 0 Å². The molecule has 3 atom stereocenters. The van der Waals surface area contributed by atoms with E-state index in [2.05, 4.69) is 35.2 Å². The molecule has 0 spiro atoms. The molecule has 1 aromatic carbocycles. The highest BCUT2D eigenvalue weighted by molar-refractivity contribution is 5.14. The molecular formula is C16H23NO. The van der Waals surface area contributed by atoms with E-state index < -0.39 is 0 Å². The van der Waals surface area contributed by atoms with E-state index in [1.807, 2.05) is 0 Å². The molecular weight excluding hydrogens is 222 g/mol. The summed E-state index contributed by atoms with van der Waals surface area (Å²) >= 11 is 0. The molecule has 2 nitrogen and oxygen atoms in total. The minimum absolute atomic E-state index is 0.0534. The van der Waals surface area contributed by atoms with Crippen molar-refractivity contribution in [3.8, 4) is 0 Å². The van der Waals surface area contributed by atoms with Gasteiger partial charge in [0.15, 0.2) is 0 Å². The van der Waals surface area contributed by atoms with Gasteiger partial charge in [-0.05, 0) is 37.3 Å². The maximum atomic E-state index is 10.2. The Hall–Kier alpha value is -0.860. The van der Waals surface area contributed by atoms with Crippen LogP contribution in [0.1, 0.15) is 31.2 Å². The zero-order valence-corrected chi connectivity index (χ0v) is 11.0. The normalized spacial score (nSPS) is 33.1. The molecule has 1 heterocycles. The number of nitrogens with zero attached hydrogens (tertiary/aromatic N) is 1. The van der Waals surface area contributed by atoms with Gasteiger partial charge in [0.2, 0.25) is 0 Å².